The number of methoxy groups -OCH3 is 3. The highest BCUT2D eigenvalue weighted by molar-refractivity contribution is 6.74. The van der Waals surface area contributed by atoms with Crippen LogP contribution in [0.15, 0.2) is 36.0 Å². The molecule has 274 valence electrons. The number of aromatic hydroxyl groups is 1. The van der Waals surface area contributed by atoms with Gasteiger partial charge in [0.2, 0.25) is 5.91 Å². The van der Waals surface area contributed by atoms with Gasteiger partial charge < -0.3 is 28.6 Å². The van der Waals surface area contributed by atoms with Crippen LogP contribution >= 0.6 is 0 Å². The van der Waals surface area contributed by atoms with Crippen molar-refractivity contribution in [3.05, 3.63) is 80.5 Å². The Morgan fingerprint density at radius 1 is 0.885 bits per heavy atom. The normalized spacial score (nSPS) is 20.9. The summed E-state index contributed by atoms with van der Waals surface area (Å²) in [4.78, 5) is 47.8. The topological polar surface area (TPSA) is 118 Å². The summed E-state index contributed by atoms with van der Waals surface area (Å²) in [6, 6.07) is 6.70. The molecule has 3 aromatic carbocycles. The molecule has 4 aliphatic heterocycles. The fraction of sp³-hybridized carbons (Fsp3) is 0.425. The van der Waals surface area contributed by atoms with Gasteiger partial charge in [-0.2, -0.15) is 0 Å². The van der Waals surface area contributed by atoms with Crippen molar-refractivity contribution in [2.24, 2.45) is 0 Å². The van der Waals surface area contributed by atoms with E-state index in [1.807, 2.05) is 37.9 Å². The van der Waals surface area contributed by atoms with Crippen LogP contribution in [0.3, 0.4) is 0 Å². The van der Waals surface area contributed by atoms with Crippen LogP contribution in [0.4, 0.5) is 0 Å². The molecule has 4 heterocycles. The van der Waals surface area contributed by atoms with Crippen molar-refractivity contribution in [2.75, 3.05) is 34.9 Å². The predicted molar refractivity (Wildman–Crippen MR) is 199 cm³/mol. The number of carbonyl (C=O) groups excluding carboxylic acids is 3. The van der Waals surface area contributed by atoms with Crippen molar-refractivity contribution in [2.45, 2.75) is 77.3 Å². The number of fused-ring (bicyclic) bond motifs is 8. The minimum atomic E-state index is -2.50. The summed E-state index contributed by atoms with van der Waals surface area (Å²) in [5, 5.41) is 11.7. The molecule has 4 aliphatic rings. The lowest BCUT2D eigenvalue weighted by Crippen LogP contribution is -2.61. The second-order valence-electron chi connectivity index (χ2n) is 15.7. The monoisotopic (exact) mass is 725 g/mol. The summed E-state index contributed by atoms with van der Waals surface area (Å²) in [5.74, 6) is 0.778. The first-order valence-corrected chi connectivity index (χ1v) is 20.5. The zero-order valence-corrected chi connectivity index (χ0v) is 32.8. The summed E-state index contributed by atoms with van der Waals surface area (Å²) in [6.07, 6.45) is 2.31. The van der Waals surface area contributed by atoms with Crippen LogP contribution in [0.5, 0.6) is 28.7 Å². The van der Waals surface area contributed by atoms with Gasteiger partial charge in [-0.3, -0.25) is 24.2 Å². The van der Waals surface area contributed by atoms with E-state index in [0.29, 0.717) is 62.9 Å². The summed E-state index contributed by atoms with van der Waals surface area (Å²) in [5.41, 5.74) is 5.50. The van der Waals surface area contributed by atoms with Crippen LogP contribution in [0, 0.1) is 13.8 Å². The van der Waals surface area contributed by atoms with E-state index in [9.17, 15) is 19.5 Å². The Hall–Kier alpha value is -4.81. The first-order chi connectivity index (χ1) is 24.5. The van der Waals surface area contributed by atoms with Crippen LogP contribution in [-0.2, 0) is 11.2 Å². The number of nitrogens with zero attached hydrogens (tertiary/aromatic N) is 3. The highest BCUT2D eigenvalue weighted by Gasteiger charge is 2.54. The third-order valence-corrected chi connectivity index (χ3v) is 16.2. The number of hydrogen-bond acceptors (Lipinski definition) is 9. The molecular weight excluding hydrogens is 679 g/mol. The fourth-order valence-corrected chi connectivity index (χ4v) is 9.26. The molecule has 7 rings (SSSR count). The molecule has 2 bridgehead atoms. The van der Waals surface area contributed by atoms with Gasteiger partial charge in [0.15, 0.2) is 23.0 Å². The molecule has 3 atom stereocenters. The number of ether oxygens (including phenoxy) is 3. The molecule has 52 heavy (non-hydrogen) atoms. The molecule has 0 saturated carbocycles. The number of aryl methyl sites for hydroxylation is 1. The summed E-state index contributed by atoms with van der Waals surface area (Å²) < 4.78 is 25.0. The minimum Gasteiger partial charge on any atom is -0.543 e. The van der Waals surface area contributed by atoms with Gasteiger partial charge >= 0.3 is 0 Å². The average molecular weight is 726 g/mol. The van der Waals surface area contributed by atoms with Crippen molar-refractivity contribution in [1.29, 1.82) is 0 Å². The van der Waals surface area contributed by atoms with E-state index in [-0.39, 0.29) is 23.2 Å². The highest BCUT2D eigenvalue weighted by atomic mass is 28.4. The molecule has 1 fully saturated rings. The number of rotatable bonds is 7. The van der Waals surface area contributed by atoms with E-state index < -0.39 is 38.3 Å². The smallest absolute Gasteiger partial charge is 0.261 e. The maximum absolute atomic E-state index is 15.0. The van der Waals surface area contributed by atoms with Crippen LogP contribution in [0.1, 0.15) is 87.0 Å². The molecule has 0 unspecified atom stereocenters. The third-order valence-electron chi connectivity index (χ3n) is 11.8. The van der Waals surface area contributed by atoms with E-state index in [0.717, 1.165) is 16.7 Å². The van der Waals surface area contributed by atoms with E-state index in [4.69, 9.17) is 18.6 Å². The van der Waals surface area contributed by atoms with E-state index in [1.54, 1.807) is 43.4 Å². The molecule has 0 aliphatic carbocycles. The zero-order valence-electron chi connectivity index (χ0n) is 31.8. The van der Waals surface area contributed by atoms with Crippen molar-refractivity contribution in [1.82, 2.24) is 14.7 Å². The first-order valence-electron chi connectivity index (χ1n) is 17.6. The second kappa shape index (κ2) is 12.1. The minimum absolute atomic E-state index is 0.0203. The number of phenols is 1. The lowest BCUT2D eigenvalue weighted by Gasteiger charge is -2.54. The number of benzene rings is 3. The van der Waals surface area contributed by atoms with Gasteiger partial charge in [-0.1, -0.05) is 39.0 Å². The van der Waals surface area contributed by atoms with E-state index >= 15 is 0 Å². The molecule has 1 N–H and O–H groups in total. The number of likely N-dealkylation sites (N-methyl/N-ethyl adjacent to an activating group) is 1. The van der Waals surface area contributed by atoms with Gasteiger partial charge in [-0.15, -0.1) is 0 Å². The van der Waals surface area contributed by atoms with Crippen LogP contribution in [-0.4, -0.2) is 86.8 Å². The van der Waals surface area contributed by atoms with Gasteiger partial charge in [0, 0.05) is 28.0 Å². The summed E-state index contributed by atoms with van der Waals surface area (Å²) in [7, 11) is 4.04. The third kappa shape index (κ3) is 4.90. The van der Waals surface area contributed by atoms with Gasteiger partial charge in [0.25, 0.3) is 20.1 Å². The molecule has 3 aromatic rings. The Morgan fingerprint density at radius 2 is 1.48 bits per heavy atom. The number of piperazine rings is 1. The Bertz CT molecular complexity index is 2070. The van der Waals surface area contributed by atoms with Crippen molar-refractivity contribution >= 4 is 32.1 Å². The Kier molecular flexibility index (Phi) is 8.30. The van der Waals surface area contributed by atoms with Gasteiger partial charge in [-0.05, 0) is 74.8 Å². The SMILES string of the molecule is COc1c(C)cc2c(c1O)[C@H]1C3=Cc4c(O[Si](C)(C)C(C)(C)C)c(C)c(OC)c(OC)c4[C@H](CN4C(=O)c5ccccc5C4=O)N3C(=O)[C@H](C2)N1C. The van der Waals surface area contributed by atoms with Crippen molar-refractivity contribution < 1.29 is 38.1 Å². The molecule has 12 heteroatoms. The first kappa shape index (κ1) is 35.6. The summed E-state index contributed by atoms with van der Waals surface area (Å²) in [6.45, 7) is 14.5. The predicted octanol–water partition coefficient (Wildman–Crippen LogP) is 6.55. The standard InChI is InChI=1S/C40H47N3O8Si/c1-20-16-22-17-27-39(47)43-26(31(41(27)6)29(22)32(44)33(20)48-7)18-25-30(28(43)19-42-37(45)23-14-12-13-15-24(23)38(42)46)36(50-9)35(49-8)21(2)34(25)51-52(10,11)40(3,4)5/h12-16,18,27-28,31,44H,17,19H2,1-11H3/t27-,28-,31+/m0/s1. The highest BCUT2D eigenvalue weighted by Crippen LogP contribution is 2.58. The second-order valence-corrected chi connectivity index (χ2v) is 20.4. The maximum Gasteiger partial charge on any atom is 0.261 e. The Labute approximate surface area is 305 Å². The van der Waals surface area contributed by atoms with Crippen LogP contribution in [0.2, 0.25) is 18.1 Å². The number of amides is 3. The maximum atomic E-state index is 15.0. The molecule has 0 radical (unpaired) electrons. The number of hydrogen-bond donors (Lipinski definition) is 1. The van der Waals surface area contributed by atoms with Gasteiger partial charge in [0.1, 0.15) is 5.75 Å². The Morgan fingerprint density at radius 3 is 2.04 bits per heavy atom. The molecule has 3 amide bonds. The van der Waals surface area contributed by atoms with Crippen molar-refractivity contribution in [3.8, 4) is 28.7 Å². The lowest BCUT2D eigenvalue weighted by molar-refractivity contribution is -0.143. The van der Waals surface area contributed by atoms with E-state index in [1.165, 1.54) is 12.0 Å². The number of imide groups is 1. The van der Waals surface area contributed by atoms with Crippen LogP contribution < -0.4 is 18.6 Å². The molecule has 0 spiro atoms. The molecule has 1 saturated heterocycles. The van der Waals surface area contributed by atoms with E-state index in [2.05, 4.69) is 33.9 Å². The number of carbonyl (C=O) groups is 3. The lowest BCUT2D eigenvalue weighted by atomic mass is 9.77. The van der Waals surface area contributed by atoms with Crippen LogP contribution in [0.25, 0.3) is 6.08 Å². The van der Waals surface area contributed by atoms with Gasteiger partial charge in [0.05, 0.1) is 57.1 Å². The fourth-order valence-electron chi connectivity index (χ4n) is 8.19. The number of phenolic OH excluding ortho intramolecular Hbond substituents is 1. The molecule has 0 aromatic heterocycles. The summed E-state index contributed by atoms with van der Waals surface area (Å²) >= 11 is 0. The molecule has 11 nitrogen and oxygen atoms in total. The molecular formula is C40H47N3O8Si. The quantitative estimate of drug-likeness (QED) is 0.214. The average Bonchev–Trinajstić information content (AvgIpc) is 3.32. The van der Waals surface area contributed by atoms with Gasteiger partial charge in [-0.25, -0.2) is 0 Å². The Balaban J connectivity index is 1.54. The zero-order chi connectivity index (χ0) is 37.8. The van der Waals surface area contributed by atoms with Crippen molar-refractivity contribution in [3.63, 3.8) is 0 Å². The largest absolute Gasteiger partial charge is 0.543 e.